The Balaban J connectivity index is 1.85. The van der Waals surface area contributed by atoms with Crippen LogP contribution in [0, 0.1) is 0 Å². The Labute approximate surface area is 134 Å². The Kier molecular flexibility index (Phi) is 4.04. The molecule has 0 bridgehead atoms. The topological polar surface area (TPSA) is 27.6 Å². The third-order valence-corrected chi connectivity index (χ3v) is 3.93. The van der Waals surface area contributed by atoms with E-state index in [9.17, 15) is 0 Å². The molecule has 0 radical (unpaired) electrons. The van der Waals surface area contributed by atoms with Crippen molar-refractivity contribution in [2.24, 2.45) is 4.99 Å². The van der Waals surface area contributed by atoms with Gasteiger partial charge in [0.2, 0.25) is 0 Å². The van der Waals surface area contributed by atoms with Crippen molar-refractivity contribution in [1.82, 2.24) is 5.01 Å². The second-order valence-electron chi connectivity index (χ2n) is 5.03. The molecule has 1 aliphatic heterocycles. The van der Waals surface area contributed by atoms with E-state index >= 15 is 0 Å². The highest BCUT2D eigenvalue weighted by Gasteiger charge is 2.29. The molecular formula is C16H15Cl2N3. The van der Waals surface area contributed by atoms with Gasteiger partial charge in [-0.25, -0.2) is 0 Å². The zero-order chi connectivity index (χ0) is 14.8. The summed E-state index contributed by atoms with van der Waals surface area (Å²) in [5, 5.41) is 3.42. The van der Waals surface area contributed by atoms with Gasteiger partial charge in [-0.1, -0.05) is 41.4 Å². The lowest BCUT2D eigenvalue weighted by molar-refractivity contribution is 0.372. The van der Waals surface area contributed by atoms with Crippen LogP contribution >= 0.6 is 23.2 Å². The fraction of sp³-hybridized carbons (Fsp3) is 0.188. The van der Waals surface area contributed by atoms with Crippen LogP contribution in [0.25, 0.3) is 0 Å². The highest BCUT2D eigenvalue weighted by Crippen LogP contribution is 2.31. The molecule has 5 heteroatoms. The first-order valence-corrected chi connectivity index (χ1v) is 7.48. The molecule has 1 N–H and O–H groups in total. The highest BCUT2D eigenvalue weighted by atomic mass is 35.5. The summed E-state index contributed by atoms with van der Waals surface area (Å²) in [6, 6.07) is 15.7. The van der Waals surface area contributed by atoms with Crippen molar-refractivity contribution >= 4 is 35.2 Å². The average molecular weight is 320 g/mol. The second-order valence-corrected chi connectivity index (χ2v) is 5.91. The maximum atomic E-state index is 6.10. The molecule has 0 saturated carbocycles. The van der Waals surface area contributed by atoms with Gasteiger partial charge in [0.15, 0.2) is 0 Å². The molecule has 108 valence electrons. The molecule has 2 atom stereocenters. The maximum Gasteiger partial charge on any atom is 0.105 e. The van der Waals surface area contributed by atoms with Crippen molar-refractivity contribution in [1.29, 1.82) is 0 Å². The molecule has 2 aromatic rings. The molecule has 0 aliphatic carbocycles. The first-order valence-electron chi connectivity index (χ1n) is 6.73. The van der Waals surface area contributed by atoms with E-state index in [0.717, 1.165) is 16.3 Å². The third kappa shape index (κ3) is 3.14. The van der Waals surface area contributed by atoms with Gasteiger partial charge in [-0.2, -0.15) is 0 Å². The Bertz CT molecular complexity index is 672. The van der Waals surface area contributed by atoms with Crippen molar-refractivity contribution in [3.8, 4) is 0 Å². The summed E-state index contributed by atoms with van der Waals surface area (Å²) >= 11 is 12.1. The van der Waals surface area contributed by atoms with Crippen molar-refractivity contribution in [2.75, 3.05) is 5.43 Å². The van der Waals surface area contributed by atoms with Crippen molar-refractivity contribution < 1.29 is 0 Å². The van der Waals surface area contributed by atoms with Gasteiger partial charge in [0.1, 0.15) is 6.34 Å². The molecule has 0 aromatic heterocycles. The van der Waals surface area contributed by atoms with Gasteiger partial charge in [0, 0.05) is 10.0 Å². The molecule has 3 nitrogen and oxygen atoms in total. The van der Waals surface area contributed by atoms with Gasteiger partial charge in [-0.05, 0) is 42.8 Å². The molecule has 1 aliphatic rings. The largest absolute Gasteiger partial charge is 0.297 e. The summed E-state index contributed by atoms with van der Waals surface area (Å²) in [4.78, 5) is 4.49. The molecular weight excluding hydrogens is 305 g/mol. The van der Waals surface area contributed by atoms with Crippen LogP contribution in [0.1, 0.15) is 18.5 Å². The van der Waals surface area contributed by atoms with E-state index < -0.39 is 0 Å². The molecule has 3 rings (SSSR count). The van der Waals surface area contributed by atoms with Crippen LogP contribution in [0.5, 0.6) is 0 Å². The Morgan fingerprint density at radius 3 is 2.48 bits per heavy atom. The fourth-order valence-electron chi connectivity index (χ4n) is 2.50. The van der Waals surface area contributed by atoms with E-state index in [4.69, 9.17) is 23.2 Å². The minimum absolute atomic E-state index is 0.0997. The van der Waals surface area contributed by atoms with Crippen molar-refractivity contribution in [2.45, 2.75) is 19.0 Å². The summed E-state index contributed by atoms with van der Waals surface area (Å²) in [6.45, 7) is 2.09. The predicted molar refractivity (Wildman–Crippen MR) is 89.1 cm³/mol. The number of nitrogens with one attached hydrogen (secondary N) is 1. The smallest absolute Gasteiger partial charge is 0.105 e. The van der Waals surface area contributed by atoms with E-state index in [-0.39, 0.29) is 12.1 Å². The zero-order valence-corrected chi connectivity index (χ0v) is 13.0. The standard InChI is InChI=1S/C16H15Cl2N3/c1-11-16(12-4-2-5-13(17)8-12)21(10-19-11)20-15-7-3-6-14(18)9-15/h2-11,16,20H,1H3. The number of rotatable bonds is 3. The van der Waals surface area contributed by atoms with Crippen LogP contribution in [-0.2, 0) is 0 Å². The molecule has 0 fully saturated rings. The number of hydrazine groups is 1. The van der Waals surface area contributed by atoms with E-state index in [0.29, 0.717) is 5.02 Å². The number of aliphatic imine (C=N–C) groups is 1. The van der Waals surface area contributed by atoms with Crippen LogP contribution in [0.4, 0.5) is 5.69 Å². The Hall–Kier alpha value is -1.71. The van der Waals surface area contributed by atoms with Gasteiger partial charge in [-0.15, -0.1) is 0 Å². The van der Waals surface area contributed by atoms with Gasteiger partial charge in [0.05, 0.1) is 17.8 Å². The van der Waals surface area contributed by atoms with Crippen molar-refractivity contribution in [3.05, 3.63) is 64.1 Å². The predicted octanol–water partition coefficient (Wildman–Crippen LogP) is 4.79. The Morgan fingerprint density at radius 2 is 1.76 bits per heavy atom. The van der Waals surface area contributed by atoms with Crippen LogP contribution in [0.3, 0.4) is 0 Å². The first kappa shape index (κ1) is 14.2. The summed E-state index contributed by atoms with van der Waals surface area (Å²) in [7, 11) is 0. The van der Waals surface area contributed by atoms with E-state index in [1.165, 1.54) is 0 Å². The number of anilines is 1. The van der Waals surface area contributed by atoms with Gasteiger partial charge in [0.25, 0.3) is 0 Å². The summed E-state index contributed by atoms with van der Waals surface area (Å²) in [5.41, 5.74) is 5.39. The Morgan fingerprint density at radius 1 is 1.05 bits per heavy atom. The minimum atomic E-state index is 0.0997. The van der Waals surface area contributed by atoms with Crippen LogP contribution in [-0.4, -0.2) is 17.4 Å². The van der Waals surface area contributed by atoms with Crippen LogP contribution < -0.4 is 5.43 Å². The maximum absolute atomic E-state index is 6.10. The van der Waals surface area contributed by atoms with Gasteiger partial charge >= 0.3 is 0 Å². The molecule has 0 spiro atoms. The fourth-order valence-corrected chi connectivity index (χ4v) is 2.89. The summed E-state index contributed by atoms with van der Waals surface area (Å²) < 4.78 is 0. The number of hydrogen-bond donors (Lipinski definition) is 1. The monoisotopic (exact) mass is 319 g/mol. The van der Waals surface area contributed by atoms with Gasteiger partial charge in [-0.3, -0.25) is 15.4 Å². The van der Waals surface area contributed by atoms with E-state index in [2.05, 4.69) is 23.4 Å². The lowest BCUT2D eigenvalue weighted by Crippen LogP contribution is -2.32. The number of benzene rings is 2. The van der Waals surface area contributed by atoms with Crippen LogP contribution in [0.15, 0.2) is 53.5 Å². The normalized spacial score (nSPS) is 20.8. The minimum Gasteiger partial charge on any atom is -0.297 e. The lowest BCUT2D eigenvalue weighted by Gasteiger charge is -2.28. The first-order chi connectivity index (χ1) is 10.1. The summed E-state index contributed by atoms with van der Waals surface area (Å²) in [6.07, 6.45) is 1.82. The summed E-state index contributed by atoms with van der Waals surface area (Å²) in [5.74, 6) is 0. The zero-order valence-electron chi connectivity index (χ0n) is 11.5. The SMILES string of the molecule is CC1N=CN(Nc2cccc(Cl)c2)C1c1cccc(Cl)c1. The molecule has 1 heterocycles. The van der Waals surface area contributed by atoms with Crippen molar-refractivity contribution in [3.63, 3.8) is 0 Å². The molecule has 2 aromatic carbocycles. The number of halogens is 2. The van der Waals surface area contributed by atoms with E-state index in [1.807, 2.05) is 53.8 Å². The molecule has 0 saturated heterocycles. The van der Waals surface area contributed by atoms with Crippen LogP contribution in [0.2, 0.25) is 10.0 Å². The third-order valence-electron chi connectivity index (χ3n) is 3.46. The second kappa shape index (κ2) is 5.96. The number of hydrogen-bond acceptors (Lipinski definition) is 3. The molecule has 2 unspecified atom stereocenters. The highest BCUT2D eigenvalue weighted by molar-refractivity contribution is 6.31. The molecule has 0 amide bonds. The average Bonchev–Trinajstić information content (AvgIpc) is 2.80. The molecule has 21 heavy (non-hydrogen) atoms. The van der Waals surface area contributed by atoms with Gasteiger partial charge < -0.3 is 0 Å². The van der Waals surface area contributed by atoms with E-state index in [1.54, 1.807) is 0 Å². The quantitative estimate of drug-likeness (QED) is 0.880. The number of nitrogens with zero attached hydrogens (tertiary/aromatic N) is 2. The lowest BCUT2D eigenvalue weighted by atomic mass is 10.0.